The van der Waals surface area contributed by atoms with E-state index >= 15 is 0 Å². The number of rotatable bonds is 4. The topological polar surface area (TPSA) is 68.5 Å². The molecule has 0 saturated carbocycles. The summed E-state index contributed by atoms with van der Waals surface area (Å²) in [5, 5.41) is 9.41. The molecule has 0 atom stereocenters. The molecule has 1 heterocycles. The van der Waals surface area contributed by atoms with E-state index in [1.165, 1.54) is 0 Å². The number of ether oxygens (including phenoxy) is 1. The van der Waals surface area contributed by atoms with Crippen LogP contribution in [0.2, 0.25) is 0 Å². The molecule has 0 saturated heterocycles. The quantitative estimate of drug-likeness (QED) is 0.399. The van der Waals surface area contributed by atoms with Gasteiger partial charge in [0.2, 0.25) is 5.78 Å². The minimum Gasteiger partial charge on any atom is -0.515 e. The van der Waals surface area contributed by atoms with Gasteiger partial charge >= 0.3 is 5.97 Å². The van der Waals surface area contributed by atoms with Gasteiger partial charge in [0.15, 0.2) is 0 Å². The number of aliphatic hydroxyl groups is 1. The highest BCUT2D eigenvalue weighted by molar-refractivity contribution is 6.10. The molecular formula is C20H21NO4. The maximum absolute atomic E-state index is 12.9. The summed E-state index contributed by atoms with van der Waals surface area (Å²) in [7, 11) is 0. The van der Waals surface area contributed by atoms with Crippen LogP contribution in [0.4, 0.5) is 0 Å². The zero-order valence-corrected chi connectivity index (χ0v) is 14.2. The number of carbonyl (C=O) groups excluding carboxylic acids is 2. The Bertz CT molecular complexity index is 818. The first-order valence-corrected chi connectivity index (χ1v) is 8.47. The maximum atomic E-state index is 12.9. The molecule has 1 N–H and O–H groups in total. The molecule has 130 valence electrons. The summed E-state index contributed by atoms with van der Waals surface area (Å²) in [5.41, 5.74) is 3.05. The summed E-state index contributed by atoms with van der Waals surface area (Å²) in [6, 6.07) is 11.4. The second kappa shape index (κ2) is 7.38. The van der Waals surface area contributed by atoms with Crippen molar-refractivity contribution in [2.24, 2.45) is 0 Å². The smallest absolute Gasteiger partial charge is 0.354 e. The van der Waals surface area contributed by atoms with E-state index in [4.69, 9.17) is 4.74 Å². The van der Waals surface area contributed by atoms with Crippen molar-refractivity contribution < 1.29 is 19.4 Å². The lowest BCUT2D eigenvalue weighted by atomic mass is 10.1. The normalized spacial score (nSPS) is 15.7. The summed E-state index contributed by atoms with van der Waals surface area (Å²) < 4.78 is 6.89. The van der Waals surface area contributed by atoms with Gasteiger partial charge in [0.05, 0.1) is 18.6 Å². The van der Waals surface area contributed by atoms with Crippen LogP contribution in [0.5, 0.6) is 0 Å². The van der Waals surface area contributed by atoms with Gasteiger partial charge in [0, 0.05) is 12.1 Å². The molecule has 0 amide bonds. The summed E-state index contributed by atoms with van der Waals surface area (Å²) in [6.07, 6.45) is 2.86. The van der Waals surface area contributed by atoms with E-state index in [9.17, 15) is 14.7 Å². The molecule has 0 radical (unpaired) electrons. The van der Waals surface area contributed by atoms with Gasteiger partial charge in [-0.25, -0.2) is 4.79 Å². The fourth-order valence-corrected chi connectivity index (χ4v) is 3.23. The second-order valence-corrected chi connectivity index (χ2v) is 6.03. The minimum atomic E-state index is -0.436. The Hall–Kier alpha value is -2.82. The molecule has 1 aliphatic rings. The third kappa shape index (κ3) is 3.36. The number of carbonyl (C=O) groups is 2. The van der Waals surface area contributed by atoms with Crippen molar-refractivity contribution in [3.8, 4) is 0 Å². The van der Waals surface area contributed by atoms with Gasteiger partial charge in [-0.15, -0.1) is 0 Å². The van der Waals surface area contributed by atoms with Crippen LogP contribution >= 0.6 is 0 Å². The lowest BCUT2D eigenvalue weighted by Crippen LogP contribution is -2.18. The van der Waals surface area contributed by atoms with E-state index in [0.29, 0.717) is 36.3 Å². The molecule has 0 bridgehead atoms. The molecule has 3 rings (SSSR count). The monoisotopic (exact) mass is 339 g/mol. The Morgan fingerprint density at radius 2 is 2.04 bits per heavy atom. The van der Waals surface area contributed by atoms with E-state index in [1.54, 1.807) is 17.6 Å². The van der Waals surface area contributed by atoms with Crippen molar-refractivity contribution in [3.63, 3.8) is 0 Å². The summed E-state index contributed by atoms with van der Waals surface area (Å²) in [4.78, 5) is 25.3. The van der Waals surface area contributed by atoms with Crippen molar-refractivity contribution in [3.05, 3.63) is 70.7 Å². The van der Waals surface area contributed by atoms with Crippen molar-refractivity contribution in [1.82, 2.24) is 4.57 Å². The molecule has 5 nitrogen and oxygen atoms in total. The number of nitrogens with zero attached hydrogens (tertiary/aromatic N) is 1. The van der Waals surface area contributed by atoms with Gasteiger partial charge in [0.25, 0.3) is 0 Å². The Morgan fingerprint density at radius 1 is 1.28 bits per heavy atom. The van der Waals surface area contributed by atoms with E-state index < -0.39 is 5.97 Å². The van der Waals surface area contributed by atoms with Crippen molar-refractivity contribution in [2.45, 2.75) is 32.7 Å². The number of aryl methyl sites for hydroxylation is 1. The molecule has 2 aromatic rings. The Balaban J connectivity index is 2.13. The predicted octanol–water partition coefficient (Wildman–Crippen LogP) is 3.67. The number of fused-ring (bicyclic) bond motifs is 1. The van der Waals surface area contributed by atoms with Crippen LogP contribution in [0.25, 0.3) is 0 Å². The first-order valence-electron chi connectivity index (χ1n) is 8.47. The Morgan fingerprint density at radius 3 is 2.72 bits per heavy atom. The summed E-state index contributed by atoms with van der Waals surface area (Å²) >= 11 is 0. The molecule has 0 unspecified atom stereocenters. The molecule has 1 aliphatic carbocycles. The van der Waals surface area contributed by atoms with E-state index in [0.717, 1.165) is 23.8 Å². The zero-order valence-electron chi connectivity index (χ0n) is 14.2. The predicted molar refractivity (Wildman–Crippen MR) is 93.9 cm³/mol. The van der Waals surface area contributed by atoms with E-state index in [2.05, 4.69) is 0 Å². The summed E-state index contributed by atoms with van der Waals surface area (Å²) in [5.74, 6) is -0.657. The van der Waals surface area contributed by atoms with Crippen molar-refractivity contribution in [1.29, 1.82) is 0 Å². The van der Waals surface area contributed by atoms with Crippen LogP contribution in [0.3, 0.4) is 0 Å². The molecule has 1 aromatic carbocycles. The van der Waals surface area contributed by atoms with Crippen LogP contribution in [-0.4, -0.2) is 28.0 Å². The first-order chi connectivity index (χ1) is 12.2. The van der Waals surface area contributed by atoms with Crippen LogP contribution in [0.1, 0.15) is 51.9 Å². The number of aliphatic hydroxyl groups excluding tert-OH is 1. The third-order valence-electron chi connectivity index (χ3n) is 4.40. The van der Waals surface area contributed by atoms with Gasteiger partial charge in [-0.3, -0.25) is 4.79 Å². The van der Waals surface area contributed by atoms with Crippen molar-refractivity contribution >= 4 is 11.8 Å². The molecule has 1 aromatic heterocycles. The molecule has 5 heteroatoms. The van der Waals surface area contributed by atoms with Gasteiger partial charge in [-0.05, 0) is 43.4 Å². The van der Waals surface area contributed by atoms with Gasteiger partial charge < -0.3 is 14.4 Å². The van der Waals surface area contributed by atoms with Crippen LogP contribution < -0.4 is 0 Å². The average Bonchev–Trinajstić information content (AvgIpc) is 2.89. The van der Waals surface area contributed by atoms with Gasteiger partial charge in [-0.1, -0.05) is 30.3 Å². The third-order valence-corrected chi connectivity index (χ3v) is 4.40. The number of allylic oxidation sites excluding steroid dienone is 1. The highest BCUT2D eigenvalue weighted by Gasteiger charge is 2.29. The molecule has 0 spiro atoms. The first kappa shape index (κ1) is 17.0. The fraction of sp³-hybridized carbons (Fsp3) is 0.300. The van der Waals surface area contributed by atoms with E-state index in [-0.39, 0.29) is 12.4 Å². The van der Waals surface area contributed by atoms with E-state index in [1.807, 2.05) is 30.3 Å². The lowest BCUT2D eigenvalue weighted by Gasteiger charge is -2.13. The number of hydrogen-bond acceptors (Lipinski definition) is 4. The Kier molecular flexibility index (Phi) is 5.03. The Labute approximate surface area is 146 Å². The molecular weight excluding hydrogens is 318 g/mol. The van der Waals surface area contributed by atoms with Gasteiger partial charge in [0.1, 0.15) is 5.69 Å². The second-order valence-electron chi connectivity index (χ2n) is 6.03. The molecule has 25 heavy (non-hydrogen) atoms. The van der Waals surface area contributed by atoms with Crippen molar-refractivity contribution in [2.75, 3.05) is 6.61 Å². The average molecular weight is 339 g/mol. The van der Waals surface area contributed by atoms with Crippen LogP contribution in [0.15, 0.2) is 48.2 Å². The highest BCUT2D eigenvalue weighted by atomic mass is 16.5. The number of benzene rings is 1. The highest BCUT2D eigenvalue weighted by Crippen LogP contribution is 2.28. The van der Waals surface area contributed by atoms with Crippen LogP contribution in [0, 0.1) is 0 Å². The fourth-order valence-electron chi connectivity index (χ4n) is 3.23. The zero-order chi connectivity index (χ0) is 17.8. The molecule has 0 fully saturated rings. The summed E-state index contributed by atoms with van der Waals surface area (Å²) in [6.45, 7) is 2.43. The van der Waals surface area contributed by atoms with Gasteiger partial charge in [-0.2, -0.15) is 0 Å². The van der Waals surface area contributed by atoms with Crippen LogP contribution in [-0.2, 0) is 17.7 Å². The maximum Gasteiger partial charge on any atom is 0.354 e. The number of esters is 1. The number of hydrogen-bond donors (Lipinski definition) is 1. The molecule has 0 aliphatic heterocycles. The number of aromatic nitrogens is 1. The SMILES string of the molecule is CCOC(=O)c1cc2c(n1Cc1ccccc1)C(=O)C(=CO)CCC2. The largest absolute Gasteiger partial charge is 0.515 e. The number of Topliss-reactive ketones (excluding diaryl/α,β-unsaturated/α-hetero) is 1. The number of ketones is 1. The lowest BCUT2D eigenvalue weighted by molar-refractivity contribution is 0.0514. The standard InChI is InChI=1S/C20H21NO4/c1-2-25-20(24)17-11-15-9-6-10-16(13-22)19(23)18(15)21(17)12-14-7-4-3-5-8-14/h3-5,7-8,11,13,22H,2,6,9-10,12H2,1H3. The minimum absolute atomic E-state index is 0.221.